The van der Waals surface area contributed by atoms with Gasteiger partial charge in [-0.3, -0.25) is 4.90 Å². The Labute approximate surface area is 121 Å². The molecule has 0 radical (unpaired) electrons. The highest BCUT2D eigenvalue weighted by Gasteiger charge is 2.26. The van der Waals surface area contributed by atoms with Crippen molar-refractivity contribution in [3.63, 3.8) is 0 Å². The van der Waals surface area contributed by atoms with E-state index in [0.29, 0.717) is 12.0 Å². The van der Waals surface area contributed by atoms with E-state index >= 15 is 0 Å². The minimum atomic E-state index is -0.168. The van der Waals surface area contributed by atoms with Gasteiger partial charge in [-0.05, 0) is 56.8 Å². The fourth-order valence-electron chi connectivity index (χ4n) is 2.77. The molecule has 0 saturated carbocycles. The first kappa shape index (κ1) is 16.4. The Morgan fingerprint density at radius 1 is 1.26 bits per heavy atom. The van der Waals surface area contributed by atoms with Crippen molar-refractivity contribution in [2.75, 3.05) is 13.1 Å². The van der Waals surface area contributed by atoms with E-state index in [-0.39, 0.29) is 24.3 Å². The van der Waals surface area contributed by atoms with Gasteiger partial charge in [0.05, 0.1) is 0 Å². The summed E-state index contributed by atoms with van der Waals surface area (Å²) in [5, 5.41) is 0. The molecule has 108 valence electrons. The van der Waals surface area contributed by atoms with Gasteiger partial charge in [0.15, 0.2) is 0 Å². The zero-order valence-corrected chi connectivity index (χ0v) is 12.5. The molecule has 1 aromatic rings. The molecule has 0 spiro atoms. The monoisotopic (exact) mass is 286 g/mol. The van der Waals surface area contributed by atoms with Gasteiger partial charge in [0, 0.05) is 18.6 Å². The Hall–Kier alpha value is -0.640. The molecule has 1 saturated heterocycles. The Morgan fingerprint density at radius 3 is 2.47 bits per heavy atom. The van der Waals surface area contributed by atoms with Gasteiger partial charge >= 0.3 is 0 Å². The molecule has 2 N–H and O–H groups in total. The summed E-state index contributed by atoms with van der Waals surface area (Å²) in [6.07, 6.45) is 2.43. The van der Waals surface area contributed by atoms with Crippen LogP contribution < -0.4 is 5.73 Å². The van der Waals surface area contributed by atoms with Crippen molar-refractivity contribution in [1.29, 1.82) is 0 Å². The lowest BCUT2D eigenvalue weighted by atomic mass is 9.90. The third kappa shape index (κ3) is 4.16. The van der Waals surface area contributed by atoms with Gasteiger partial charge in [0.1, 0.15) is 5.82 Å². The van der Waals surface area contributed by atoms with Gasteiger partial charge in [-0.15, -0.1) is 12.4 Å². The van der Waals surface area contributed by atoms with Crippen LogP contribution in [0.5, 0.6) is 0 Å². The molecule has 3 atom stereocenters. The number of hydrogen-bond donors (Lipinski definition) is 1. The van der Waals surface area contributed by atoms with E-state index in [9.17, 15) is 4.39 Å². The second-order valence-electron chi connectivity index (χ2n) is 5.48. The topological polar surface area (TPSA) is 29.3 Å². The van der Waals surface area contributed by atoms with Crippen molar-refractivity contribution in [1.82, 2.24) is 4.90 Å². The first-order valence-electron chi connectivity index (χ1n) is 6.83. The maximum atomic E-state index is 12.9. The third-order valence-corrected chi connectivity index (χ3v) is 4.13. The second kappa shape index (κ2) is 7.22. The van der Waals surface area contributed by atoms with Crippen LogP contribution in [-0.2, 0) is 0 Å². The minimum Gasteiger partial charge on any atom is -0.328 e. The van der Waals surface area contributed by atoms with Gasteiger partial charge in [0.25, 0.3) is 0 Å². The number of piperidine rings is 1. The standard InChI is InChI=1S/C15H23FN2.ClH/c1-11(17)14-4-3-9-18(10-14)12(2)13-5-7-15(16)8-6-13;/h5-8,11-12,14H,3-4,9-10,17H2,1-2H3;1H. The third-order valence-electron chi connectivity index (χ3n) is 4.13. The lowest BCUT2D eigenvalue weighted by Crippen LogP contribution is -2.43. The number of nitrogens with two attached hydrogens (primary N) is 1. The average molecular weight is 287 g/mol. The number of rotatable bonds is 3. The molecule has 19 heavy (non-hydrogen) atoms. The predicted molar refractivity (Wildman–Crippen MR) is 80.0 cm³/mol. The van der Waals surface area contributed by atoms with Crippen LogP contribution in [0, 0.1) is 11.7 Å². The highest BCUT2D eigenvalue weighted by atomic mass is 35.5. The van der Waals surface area contributed by atoms with Crippen LogP contribution >= 0.6 is 12.4 Å². The highest BCUT2D eigenvalue weighted by molar-refractivity contribution is 5.85. The normalized spacial score (nSPS) is 23.5. The molecular formula is C15H24ClFN2. The molecule has 0 amide bonds. The first-order chi connectivity index (χ1) is 8.58. The Kier molecular flexibility index (Phi) is 6.24. The molecule has 1 aliphatic heterocycles. The van der Waals surface area contributed by atoms with Crippen molar-refractivity contribution in [2.45, 2.75) is 38.8 Å². The minimum absolute atomic E-state index is 0. The summed E-state index contributed by atoms with van der Waals surface area (Å²) in [4.78, 5) is 2.46. The van der Waals surface area contributed by atoms with Crippen LogP contribution in [0.15, 0.2) is 24.3 Å². The predicted octanol–water partition coefficient (Wildman–Crippen LogP) is 3.37. The summed E-state index contributed by atoms with van der Waals surface area (Å²) in [6, 6.07) is 7.45. The van der Waals surface area contributed by atoms with Gasteiger partial charge in [0.2, 0.25) is 0 Å². The van der Waals surface area contributed by atoms with Crippen molar-refractivity contribution in [3.05, 3.63) is 35.6 Å². The lowest BCUT2D eigenvalue weighted by Gasteiger charge is -2.38. The maximum Gasteiger partial charge on any atom is 0.123 e. The van der Waals surface area contributed by atoms with Crippen LogP contribution in [0.3, 0.4) is 0 Å². The summed E-state index contributed by atoms with van der Waals surface area (Å²) in [7, 11) is 0. The molecule has 0 aliphatic carbocycles. The van der Waals surface area contributed by atoms with E-state index in [1.807, 2.05) is 12.1 Å². The summed E-state index contributed by atoms with van der Waals surface area (Å²) >= 11 is 0. The van der Waals surface area contributed by atoms with Crippen LogP contribution in [0.1, 0.15) is 38.3 Å². The maximum absolute atomic E-state index is 12.9. The van der Waals surface area contributed by atoms with E-state index in [1.54, 1.807) is 12.1 Å². The molecule has 1 aliphatic rings. The SMILES string of the molecule is CC(N)C1CCCN(C(C)c2ccc(F)cc2)C1.Cl. The van der Waals surface area contributed by atoms with E-state index in [1.165, 1.54) is 18.4 Å². The first-order valence-corrected chi connectivity index (χ1v) is 6.83. The number of likely N-dealkylation sites (tertiary alicyclic amines) is 1. The van der Waals surface area contributed by atoms with E-state index < -0.39 is 0 Å². The fraction of sp³-hybridized carbons (Fsp3) is 0.600. The van der Waals surface area contributed by atoms with Crippen LogP contribution in [0.4, 0.5) is 4.39 Å². The van der Waals surface area contributed by atoms with Crippen molar-refractivity contribution < 1.29 is 4.39 Å². The van der Waals surface area contributed by atoms with E-state index in [0.717, 1.165) is 13.1 Å². The summed E-state index contributed by atoms with van der Waals surface area (Å²) < 4.78 is 12.9. The van der Waals surface area contributed by atoms with E-state index in [2.05, 4.69) is 18.7 Å². The largest absolute Gasteiger partial charge is 0.328 e. The van der Waals surface area contributed by atoms with Crippen molar-refractivity contribution in [3.8, 4) is 0 Å². The molecule has 2 rings (SSSR count). The van der Waals surface area contributed by atoms with Gasteiger partial charge in [-0.2, -0.15) is 0 Å². The molecule has 4 heteroatoms. The Balaban J connectivity index is 0.00000180. The van der Waals surface area contributed by atoms with Crippen LogP contribution in [-0.4, -0.2) is 24.0 Å². The number of nitrogens with zero attached hydrogens (tertiary/aromatic N) is 1. The molecule has 1 heterocycles. The van der Waals surface area contributed by atoms with Crippen LogP contribution in [0.2, 0.25) is 0 Å². The van der Waals surface area contributed by atoms with Gasteiger partial charge in [-0.25, -0.2) is 4.39 Å². The number of halogens is 2. The fourth-order valence-corrected chi connectivity index (χ4v) is 2.77. The molecule has 0 aromatic heterocycles. The molecule has 0 bridgehead atoms. The Bertz CT molecular complexity index is 380. The zero-order valence-electron chi connectivity index (χ0n) is 11.7. The molecule has 1 fully saturated rings. The molecule has 3 unspecified atom stereocenters. The van der Waals surface area contributed by atoms with Gasteiger partial charge < -0.3 is 5.73 Å². The van der Waals surface area contributed by atoms with Crippen molar-refractivity contribution >= 4 is 12.4 Å². The summed E-state index contributed by atoms with van der Waals surface area (Å²) in [5.74, 6) is 0.416. The lowest BCUT2D eigenvalue weighted by molar-refractivity contribution is 0.121. The highest BCUT2D eigenvalue weighted by Crippen LogP contribution is 2.27. The number of hydrogen-bond acceptors (Lipinski definition) is 2. The average Bonchev–Trinajstić information content (AvgIpc) is 2.39. The molecular weight excluding hydrogens is 263 g/mol. The van der Waals surface area contributed by atoms with Gasteiger partial charge in [-0.1, -0.05) is 12.1 Å². The molecule has 2 nitrogen and oxygen atoms in total. The smallest absolute Gasteiger partial charge is 0.123 e. The zero-order chi connectivity index (χ0) is 13.1. The van der Waals surface area contributed by atoms with Crippen LogP contribution in [0.25, 0.3) is 0 Å². The number of benzene rings is 1. The summed E-state index contributed by atoms with van der Waals surface area (Å²) in [5.41, 5.74) is 7.19. The summed E-state index contributed by atoms with van der Waals surface area (Å²) in [6.45, 7) is 6.45. The van der Waals surface area contributed by atoms with Crippen molar-refractivity contribution in [2.24, 2.45) is 11.7 Å². The quantitative estimate of drug-likeness (QED) is 0.923. The molecule has 1 aromatic carbocycles. The second-order valence-corrected chi connectivity index (χ2v) is 5.48. The van der Waals surface area contributed by atoms with E-state index in [4.69, 9.17) is 5.73 Å². The Morgan fingerprint density at radius 2 is 1.89 bits per heavy atom.